The van der Waals surface area contributed by atoms with E-state index in [1.54, 1.807) is 0 Å². The van der Waals surface area contributed by atoms with Crippen LogP contribution in [0.5, 0.6) is 0 Å². The van der Waals surface area contributed by atoms with E-state index in [-0.39, 0.29) is 5.41 Å². The SMILES string of the molecule is C=C[C@]1(C)CC[C@@H](C(=C)C)C[C@@]1(O)C(=C)C. The fourth-order valence-corrected chi connectivity index (χ4v) is 2.73. The molecule has 0 aromatic carbocycles. The van der Waals surface area contributed by atoms with Gasteiger partial charge in [-0.15, -0.1) is 6.58 Å². The van der Waals surface area contributed by atoms with Gasteiger partial charge in [0.15, 0.2) is 0 Å². The summed E-state index contributed by atoms with van der Waals surface area (Å²) in [6.07, 6.45) is 4.63. The van der Waals surface area contributed by atoms with Crippen molar-refractivity contribution in [3.8, 4) is 0 Å². The zero-order valence-electron chi connectivity index (χ0n) is 10.8. The molecule has 0 radical (unpaired) electrons. The number of allylic oxidation sites excluding steroid dienone is 1. The number of rotatable bonds is 3. The van der Waals surface area contributed by atoms with Gasteiger partial charge in [0.25, 0.3) is 0 Å². The Morgan fingerprint density at radius 3 is 2.31 bits per heavy atom. The molecule has 1 fully saturated rings. The maximum atomic E-state index is 10.9. The molecule has 0 heterocycles. The number of hydrogen-bond acceptors (Lipinski definition) is 1. The molecule has 1 nitrogen and oxygen atoms in total. The average molecular weight is 220 g/mol. The van der Waals surface area contributed by atoms with E-state index >= 15 is 0 Å². The Balaban J connectivity index is 3.09. The van der Waals surface area contributed by atoms with Gasteiger partial charge < -0.3 is 5.11 Å². The number of hydrogen-bond donors (Lipinski definition) is 1. The van der Waals surface area contributed by atoms with Crippen LogP contribution in [0.1, 0.15) is 40.0 Å². The number of aliphatic hydroxyl groups is 1. The molecule has 0 aromatic rings. The normalized spacial score (nSPS) is 39.1. The fourth-order valence-electron chi connectivity index (χ4n) is 2.73. The zero-order chi connectivity index (χ0) is 12.6. The summed E-state index contributed by atoms with van der Waals surface area (Å²) in [4.78, 5) is 0. The first-order valence-electron chi connectivity index (χ1n) is 5.94. The molecule has 0 saturated heterocycles. The maximum Gasteiger partial charge on any atom is 0.0944 e. The molecular weight excluding hydrogens is 196 g/mol. The Morgan fingerprint density at radius 2 is 1.94 bits per heavy atom. The third-order valence-electron chi connectivity index (χ3n) is 4.35. The van der Waals surface area contributed by atoms with Gasteiger partial charge in [-0.25, -0.2) is 0 Å². The minimum Gasteiger partial charge on any atom is -0.385 e. The van der Waals surface area contributed by atoms with E-state index in [1.807, 2.05) is 19.9 Å². The second-order valence-electron chi connectivity index (χ2n) is 5.55. The lowest BCUT2D eigenvalue weighted by Gasteiger charge is -2.50. The lowest BCUT2D eigenvalue weighted by atomic mass is 9.58. The first-order valence-corrected chi connectivity index (χ1v) is 5.94. The Morgan fingerprint density at radius 1 is 1.38 bits per heavy atom. The van der Waals surface area contributed by atoms with E-state index in [9.17, 15) is 5.11 Å². The molecular formula is C15H24O. The lowest BCUT2D eigenvalue weighted by molar-refractivity contribution is -0.0616. The topological polar surface area (TPSA) is 20.2 Å². The Kier molecular flexibility index (Phi) is 3.49. The molecule has 90 valence electrons. The average Bonchev–Trinajstić information content (AvgIpc) is 2.21. The van der Waals surface area contributed by atoms with Gasteiger partial charge in [0.1, 0.15) is 0 Å². The molecule has 16 heavy (non-hydrogen) atoms. The van der Waals surface area contributed by atoms with E-state index in [1.165, 1.54) is 0 Å². The maximum absolute atomic E-state index is 10.9. The Hall–Kier alpha value is -0.820. The Labute approximate surface area is 99.6 Å². The van der Waals surface area contributed by atoms with Gasteiger partial charge in [0, 0.05) is 5.41 Å². The van der Waals surface area contributed by atoms with Crippen LogP contribution in [-0.4, -0.2) is 10.7 Å². The summed E-state index contributed by atoms with van der Waals surface area (Å²) in [6.45, 7) is 17.9. The summed E-state index contributed by atoms with van der Waals surface area (Å²) in [5.41, 5.74) is 0.896. The third kappa shape index (κ3) is 1.89. The lowest BCUT2D eigenvalue weighted by Crippen LogP contribution is -2.50. The molecule has 0 unspecified atom stereocenters. The smallest absolute Gasteiger partial charge is 0.0944 e. The molecule has 0 aromatic heterocycles. The molecule has 0 bridgehead atoms. The highest BCUT2D eigenvalue weighted by molar-refractivity contribution is 5.25. The van der Waals surface area contributed by atoms with Gasteiger partial charge in [-0.3, -0.25) is 0 Å². The van der Waals surface area contributed by atoms with Crippen molar-refractivity contribution >= 4 is 0 Å². The van der Waals surface area contributed by atoms with Crippen LogP contribution in [0.2, 0.25) is 0 Å². The minimum atomic E-state index is -0.837. The van der Waals surface area contributed by atoms with E-state index in [4.69, 9.17) is 0 Å². The first-order chi connectivity index (χ1) is 7.27. The van der Waals surface area contributed by atoms with Crippen molar-refractivity contribution in [3.05, 3.63) is 37.0 Å². The molecule has 1 N–H and O–H groups in total. The van der Waals surface area contributed by atoms with Crippen LogP contribution in [0.25, 0.3) is 0 Å². The second-order valence-corrected chi connectivity index (χ2v) is 5.55. The van der Waals surface area contributed by atoms with Crippen LogP contribution >= 0.6 is 0 Å². The molecule has 1 aliphatic carbocycles. The third-order valence-corrected chi connectivity index (χ3v) is 4.35. The van der Waals surface area contributed by atoms with Crippen molar-refractivity contribution in [3.63, 3.8) is 0 Å². The predicted molar refractivity (Wildman–Crippen MR) is 70.2 cm³/mol. The van der Waals surface area contributed by atoms with E-state index in [0.29, 0.717) is 5.92 Å². The largest absolute Gasteiger partial charge is 0.385 e. The summed E-state index contributed by atoms with van der Waals surface area (Å²) in [7, 11) is 0. The molecule has 0 amide bonds. The standard InChI is InChI=1S/C15H24O/c1-7-14(6)9-8-13(11(2)3)10-15(14,16)12(4)5/h7,13,16H,1-2,4,8-10H2,3,5-6H3/t13-,14-,15-/m1/s1. The van der Waals surface area contributed by atoms with E-state index < -0.39 is 5.60 Å². The van der Waals surface area contributed by atoms with Crippen LogP contribution in [-0.2, 0) is 0 Å². The first kappa shape index (κ1) is 13.2. The van der Waals surface area contributed by atoms with Gasteiger partial charge in [-0.05, 0) is 44.6 Å². The van der Waals surface area contributed by atoms with Gasteiger partial charge in [-0.2, -0.15) is 0 Å². The highest BCUT2D eigenvalue weighted by atomic mass is 16.3. The monoisotopic (exact) mass is 220 g/mol. The van der Waals surface area contributed by atoms with Crippen LogP contribution in [0.15, 0.2) is 37.0 Å². The zero-order valence-corrected chi connectivity index (χ0v) is 10.8. The summed E-state index contributed by atoms with van der Waals surface area (Å²) in [5.74, 6) is 0.398. The molecule has 0 spiro atoms. The van der Waals surface area contributed by atoms with Crippen molar-refractivity contribution in [1.82, 2.24) is 0 Å². The van der Waals surface area contributed by atoms with E-state index in [0.717, 1.165) is 30.4 Å². The molecule has 3 atom stereocenters. The quantitative estimate of drug-likeness (QED) is 0.716. The van der Waals surface area contributed by atoms with Gasteiger partial charge in [0.05, 0.1) is 5.60 Å². The van der Waals surface area contributed by atoms with Crippen LogP contribution in [0, 0.1) is 11.3 Å². The molecule has 0 aliphatic heterocycles. The van der Waals surface area contributed by atoms with Crippen LogP contribution in [0.3, 0.4) is 0 Å². The Bertz CT molecular complexity index is 328. The van der Waals surface area contributed by atoms with Crippen molar-refractivity contribution in [2.75, 3.05) is 0 Å². The molecule has 1 rings (SSSR count). The molecule has 1 heteroatoms. The molecule has 1 saturated carbocycles. The summed E-state index contributed by atoms with van der Waals surface area (Å²) in [5, 5.41) is 10.9. The van der Waals surface area contributed by atoms with Crippen molar-refractivity contribution in [2.45, 2.75) is 45.6 Å². The molecule has 1 aliphatic rings. The summed E-state index contributed by atoms with van der Waals surface area (Å²) < 4.78 is 0. The van der Waals surface area contributed by atoms with Gasteiger partial charge in [0.2, 0.25) is 0 Å². The van der Waals surface area contributed by atoms with Gasteiger partial charge >= 0.3 is 0 Å². The van der Waals surface area contributed by atoms with Gasteiger partial charge in [-0.1, -0.05) is 31.7 Å². The highest BCUT2D eigenvalue weighted by Crippen LogP contribution is 2.51. The fraction of sp³-hybridized carbons (Fsp3) is 0.600. The van der Waals surface area contributed by atoms with Crippen molar-refractivity contribution in [2.24, 2.45) is 11.3 Å². The highest BCUT2D eigenvalue weighted by Gasteiger charge is 2.49. The van der Waals surface area contributed by atoms with Crippen molar-refractivity contribution in [1.29, 1.82) is 0 Å². The summed E-state index contributed by atoms with van der Waals surface area (Å²) in [6, 6.07) is 0. The second kappa shape index (κ2) is 4.21. The van der Waals surface area contributed by atoms with Crippen LogP contribution < -0.4 is 0 Å². The van der Waals surface area contributed by atoms with Crippen LogP contribution in [0.4, 0.5) is 0 Å². The predicted octanol–water partition coefficient (Wildman–Crippen LogP) is 3.86. The van der Waals surface area contributed by atoms with E-state index in [2.05, 4.69) is 26.7 Å². The summed E-state index contributed by atoms with van der Waals surface area (Å²) >= 11 is 0. The van der Waals surface area contributed by atoms with Crippen molar-refractivity contribution < 1.29 is 5.11 Å². The minimum absolute atomic E-state index is 0.259.